The highest BCUT2D eigenvalue weighted by Crippen LogP contribution is 2.48. The lowest BCUT2D eigenvalue weighted by atomic mass is 9.95. The molecule has 7 heteroatoms. The molecule has 0 N–H and O–H groups in total. The van der Waals surface area contributed by atoms with Gasteiger partial charge in [0.2, 0.25) is 6.23 Å². The topological polar surface area (TPSA) is 61.8 Å². The van der Waals surface area contributed by atoms with Gasteiger partial charge in [-0.15, -0.1) is 0 Å². The van der Waals surface area contributed by atoms with Crippen LogP contribution >= 0.6 is 0 Å². The van der Waals surface area contributed by atoms with E-state index in [2.05, 4.69) is 6.07 Å². The minimum atomic E-state index is -0.401. The normalized spacial score (nSPS) is 18.4. The largest absolute Gasteiger partial charge is 0.493 e. The number of ether oxygens (including phenoxy) is 5. The lowest BCUT2D eigenvalue weighted by molar-refractivity contribution is -0.0191. The Morgan fingerprint density at radius 3 is 2.38 bits per heavy atom. The van der Waals surface area contributed by atoms with Gasteiger partial charge < -0.3 is 23.7 Å². The van der Waals surface area contributed by atoms with Crippen LogP contribution < -0.4 is 23.7 Å². The SMILES string of the molecule is CCOc1ccc([C@H]2Oc3ccccc3[C@H]3CC(c4ccc(OC)c(OC)c4)=NN32)cc1OC. The first-order chi connectivity index (χ1) is 16.7. The maximum Gasteiger partial charge on any atom is 0.214 e. The summed E-state index contributed by atoms with van der Waals surface area (Å²) in [5, 5.41) is 7.08. The standard InChI is InChI=1S/C27H28N2O5/c1-5-33-24-13-11-18(15-26(24)32-4)27-29-21(19-8-6-7-9-22(19)34-27)16-20(28-29)17-10-12-23(30-2)25(14-17)31-3/h6-15,21,27H,5,16H2,1-4H3/t21-,27-/m1/s1. The number of rotatable bonds is 7. The monoisotopic (exact) mass is 460 g/mol. The summed E-state index contributed by atoms with van der Waals surface area (Å²) in [5.74, 6) is 3.61. The highest BCUT2D eigenvalue weighted by atomic mass is 16.5. The molecule has 0 saturated carbocycles. The van der Waals surface area contributed by atoms with Gasteiger partial charge in [-0.2, -0.15) is 5.10 Å². The van der Waals surface area contributed by atoms with Crippen molar-refractivity contribution in [2.75, 3.05) is 27.9 Å². The van der Waals surface area contributed by atoms with E-state index < -0.39 is 6.23 Å². The first-order valence-electron chi connectivity index (χ1n) is 11.3. The van der Waals surface area contributed by atoms with Gasteiger partial charge in [0.1, 0.15) is 5.75 Å². The van der Waals surface area contributed by atoms with Gasteiger partial charge >= 0.3 is 0 Å². The highest BCUT2D eigenvalue weighted by molar-refractivity contribution is 6.02. The molecule has 0 unspecified atom stereocenters. The molecule has 0 aromatic heterocycles. The number of nitrogens with zero attached hydrogens (tertiary/aromatic N) is 2. The van der Waals surface area contributed by atoms with E-state index in [1.807, 2.05) is 66.5 Å². The third kappa shape index (κ3) is 3.77. The van der Waals surface area contributed by atoms with Crippen molar-refractivity contribution in [3.8, 4) is 28.7 Å². The fourth-order valence-corrected chi connectivity index (χ4v) is 4.56. The van der Waals surface area contributed by atoms with Gasteiger partial charge in [0.25, 0.3) is 0 Å². The molecule has 2 heterocycles. The van der Waals surface area contributed by atoms with Crippen molar-refractivity contribution in [2.24, 2.45) is 5.10 Å². The van der Waals surface area contributed by atoms with Crippen LogP contribution in [-0.2, 0) is 0 Å². The molecule has 0 bridgehead atoms. The van der Waals surface area contributed by atoms with Gasteiger partial charge in [0.15, 0.2) is 23.0 Å². The van der Waals surface area contributed by atoms with Gasteiger partial charge in [-0.1, -0.05) is 18.2 Å². The Labute approximate surface area is 199 Å². The maximum absolute atomic E-state index is 6.47. The highest BCUT2D eigenvalue weighted by Gasteiger charge is 2.41. The minimum absolute atomic E-state index is 0.0515. The van der Waals surface area contributed by atoms with Crippen LogP contribution in [0, 0.1) is 0 Å². The molecule has 2 aliphatic rings. The van der Waals surface area contributed by atoms with E-state index in [0.29, 0.717) is 29.6 Å². The number of para-hydroxylation sites is 1. The van der Waals surface area contributed by atoms with Crippen LogP contribution in [0.5, 0.6) is 28.7 Å². The van der Waals surface area contributed by atoms with E-state index in [4.69, 9.17) is 28.8 Å². The van der Waals surface area contributed by atoms with Crippen LogP contribution in [0.25, 0.3) is 0 Å². The lowest BCUT2D eigenvalue weighted by Crippen LogP contribution is -2.33. The smallest absolute Gasteiger partial charge is 0.214 e. The molecule has 0 saturated heterocycles. The zero-order chi connectivity index (χ0) is 23.7. The zero-order valence-corrected chi connectivity index (χ0v) is 19.8. The van der Waals surface area contributed by atoms with Gasteiger partial charge in [-0.05, 0) is 49.4 Å². The molecule has 176 valence electrons. The molecule has 2 aliphatic heterocycles. The van der Waals surface area contributed by atoms with Crippen molar-refractivity contribution >= 4 is 5.71 Å². The molecule has 2 atom stereocenters. The van der Waals surface area contributed by atoms with Crippen molar-refractivity contribution in [1.29, 1.82) is 0 Å². The van der Waals surface area contributed by atoms with E-state index in [-0.39, 0.29) is 6.04 Å². The predicted molar refractivity (Wildman–Crippen MR) is 129 cm³/mol. The molecule has 34 heavy (non-hydrogen) atoms. The molecule has 0 fully saturated rings. The quantitative estimate of drug-likeness (QED) is 0.474. The van der Waals surface area contributed by atoms with Gasteiger partial charge in [0.05, 0.1) is 39.7 Å². The summed E-state index contributed by atoms with van der Waals surface area (Å²) in [7, 11) is 4.92. The summed E-state index contributed by atoms with van der Waals surface area (Å²) >= 11 is 0. The number of benzene rings is 3. The van der Waals surface area contributed by atoms with Gasteiger partial charge in [0, 0.05) is 23.1 Å². The lowest BCUT2D eigenvalue weighted by Gasteiger charge is -2.38. The fraction of sp³-hybridized carbons (Fsp3) is 0.296. The molecule has 5 rings (SSSR count). The molecule has 7 nitrogen and oxygen atoms in total. The summed E-state index contributed by atoms with van der Waals surface area (Å²) in [4.78, 5) is 0. The average Bonchev–Trinajstić information content (AvgIpc) is 3.34. The molecule has 0 amide bonds. The maximum atomic E-state index is 6.47. The summed E-state index contributed by atoms with van der Waals surface area (Å²) in [5.41, 5.74) is 4.02. The van der Waals surface area contributed by atoms with E-state index in [1.165, 1.54) is 0 Å². The van der Waals surface area contributed by atoms with Crippen molar-refractivity contribution in [1.82, 2.24) is 5.01 Å². The molecule has 3 aromatic carbocycles. The Morgan fingerprint density at radius 1 is 0.882 bits per heavy atom. The van der Waals surface area contributed by atoms with Crippen molar-refractivity contribution in [3.63, 3.8) is 0 Å². The second-order valence-electron chi connectivity index (χ2n) is 8.07. The number of methoxy groups -OCH3 is 3. The van der Waals surface area contributed by atoms with Crippen LogP contribution in [-0.4, -0.2) is 38.7 Å². The van der Waals surface area contributed by atoms with Crippen LogP contribution in [0.2, 0.25) is 0 Å². The molecular formula is C27H28N2O5. The summed E-state index contributed by atoms with van der Waals surface area (Å²) in [6.07, 6.45) is 0.350. The Morgan fingerprint density at radius 2 is 1.62 bits per heavy atom. The molecule has 0 aliphatic carbocycles. The van der Waals surface area contributed by atoms with E-state index >= 15 is 0 Å². The van der Waals surface area contributed by atoms with E-state index in [0.717, 1.165) is 34.6 Å². The number of fused-ring (bicyclic) bond motifs is 3. The summed E-state index contributed by atoms with van der Waals surface area (Å²) < 4.78 is 28.7. The Kier molecular flexibility index (Phi) is 5.92. The van der Waals surface area contributed by atoms with Gasteiger partial charge in [-0.25, -0.2) is 5.01 Å². The van der Waals surface area contributed by atoms with Crippen molar-refractivity contribution < 1.29 is 23.7 Å². The second-order valence-corrected chi connectivity index (χ2v) is 8.07. The molecule has 0 radical (unpaired) electrons. The molecular weight excluding hydrogens is 432 g/mol. The molecule has 0 spiro atoms. The van der Waals surface area contributed by atoms with Crippen LogP contribution in [0.1, 0.15) is 42.3 Å². The fourth-order valence-electron chi connectivity index (χ4n) is 4.56. The van der Waals surface area contributed by atoms with E-state index in [1.54, 1.807) is 21.3 Å². The number of hydrogen-bond donors (Lipinski definition) is 0. The zero-order valence-electron chi connectivity index (χ0n) is 19.8. The Hall–Kier alpha value is -3.87. The van der Waals surface area contributed by atoms with Crippen LogP contribution in [0.3, 0.4) is 0 Å². The average molecular weight is 461 g/mol. The summed E-state index contributed by atoms with van der Waals surface area (Å²) in [6, 6.07) is 20.0. The van der Waals surface area contributed by atoms with Crippen molar-refractivity contribution in [3.05, 3.63) is 77.4 Å². The predicted octanol–water partition coefficient (Wildman–Crippen LogP) is 5.35. The second kappa shape index (κ2) is 9.17. The summed E-state index contributed by atoms with van der Waals surface area (Å²) in [6.45, 7) is 2.52. The van der Waals surface area contributed by atoms with Crippen LogP contribution in [0.15, 0.2) is 65.8 Å². The third-order valence-electron chi connectivity index (χ3n) is 6.19. The minimum Gasteiger partial charge on any atom is -0.493 e. The third-order valence-corrected chi connectivity index (χ3v) is 6.19. The van der Waals surface area contributed by atoms with Crippen LogP contribution in [0.4, 0.5) is 0 Å². The van der Waals surface area contributed by atoms with Crippen molar-refractivity contribution in [2.45, 2.75) is 25.6 Å². The van der Waals surface area contributed by atoms with E-state index in [9.17, 15) is 0 Å². The van der Waals surface area contributed by atoms with Gasteiger partial charge in [-0.3, -0.25) is 0 Å². The number of hydrazone groups is 1. The Balaban J connectivity index is 1.56. The molecule has 3 aromatic rings. The first kappa shape index (κ1) is 21.9. The first-order valence-corrected chi connectivity index (χ1v) is 11.3. The number of hydrogen-bond acceptors (Lipinski definition) is 7. The Bertz CT molecular complexity index is 1230.